The predicted octanol–water partition coefficient (Wildman–Crippen LogP) is 4.73. The number of aliphatic imine (C=N–C) groups is 1. The third kappa shape index (κ3) is 4.14. The molecule has 0 radical (unpaired) electrons. The van der Waals surface area contributed by atoms with Gasteiger partial charge in [0.15, 0.2) is 0 Å². The molecule has 0 aliphatic heterocycles. The Morgan fingerprint density at radius 3 is 2.41 bits per heavy atom. The monoisotopic (exact) mass is 328 g/mol. The zero-order valence-corrected chi connectivity index (χ0v) is 12.0. The summed E-state index contributed by atoms with van der Waals surface area (Å²) in [6.45, 7) is 0. The van der Waals surface area contributed by atoms with Crippen molar-refractivity contribution in [2.45, 2.75) is 6.18 Å². The van der Waals surface area contributed by atoms with Crippen LogP contribution in [0.2, 0.25) is 0 Å². The Hall–Kier alpha value is -2.21. The number of hydrogen-bond acceptors (Lipinski definition) is 2. The van der Waals surface area contributed by atoms with Crippen molar-refractivity contribution >= 4 is 23.1 Å². The lowest BCUT2D eigenvalue weighted by molar-refractivity contribution is -0.138. The molecule has 0 spiro atoms. The molecule has 2 aromatic carbocycles. The molecule has 2 rings (SSSR count). The lowest BCUT2D eigenvalue weighted by atomic mass is 10.1. The quantitative estimate of drug-likeness (QED) is 0.501. The first-order valence-corrected chi connectivity index (χ1v) is 6.77. The van der Waals surface area contributed by atoms with Gasteiger partial charge in [0.1, 0.15) is 22.9 Å². The third-order valence-corrected chi connectivity index (χ3v) is 2.92. The zero-order valence-electron chi connectivity index (χ0n) is 11.3. The maximum atomic E-state index is 13.2. The number of para-hydroxylation sites is 1. The molecule has 0 heterocycles. The molecule has 22 heavy (non-hydrogen) atoms. The predicted molar refractivity (Wildman–Crippen MR) is 80.0 cm³/mol. The summed E-state index contributed by atoms with van der Waals surface area (Å²) in [5.41, 5.74) is 4.56. The summed E-state index contributed by atoms with van der Waals surface area (Å²) >= 11 is 5.47. The van der Waals surface area contributed by atoms with Crippen molar-refractivity contribution < 1.29 is 17.9 Å². The standard InChI is InChI=1S/C15H12ClF3N2O/c16-9-14(20)21-10-6-7-13(12(8-10)15(17,18)19)22-11-4-2-1-3-5-11/h1-8H,9H2,(H2,20,21). The summed E-state index contributed by atoms with van der Waals surface area (Å²) in [4.78, 5) is 3.81. The number of benzene rings is 2. The molecule has 0 bridgehead atoms. The maximum Gasteiger partial charge on any atom is 0.420 e. The van der Waals surface area contributed by atoms with Crippen LogP contribution in [0.1, 0.15) is 5.56 Å². The van der Waals surface area contributed by atoms with Crippen LogP contribution in [-0.2, 0) is 6.18 Å². The van der Waals surface area contributed by atoms with Gasteiger partial charge in [-0.05, 0) is 30.3 Å². The Labute approximate surface area is 130 Å². The maximum absolute atomic E-state index is 13.2. The molecular formula is C15H12ClF3N2O. The highest BCUT2D eigenvalue weighted by atomic mass is 35.5. The molecule has 0 saturated carbocycles. The topological polar surface area (TPSA) is 47.6 Å². The highest BCUT2D eigenvalue weighted by Crippen LogP contribution is 2.40. The average molecular weight is 329 g/mol. The minimum Gasteiger partial charge on any atom is -0.457 e. The Balaban J connectivity index is 2.41. The lowest BCUT2D eigenvalue weighted by Crippen LogP contribution is -2.12. The molecule has 0 aromatic heterocycles. The van der Waals surface area contributed by atoms with Gasteiger partial charge in [-0.15, -0.1) is 11.6 Å². The van der Waals surface area contributed by atoms with Crippen molar-refractivity contribution in [1.29, 1.82) is 0 Å². The Kier molecular flexibility index (Phi) is 4.92. The van der Waals surface area contributed by atoms with Crippen LogP contribution in [0.15, 0.2) is 53.5 Å². The molecule has 0 unspecified atom stereocenters. The molecule has 0 fully saturated rings. The third-order valence-electron chi connectivity index (χ3n) is 2.65. The fraction of sp³-hybridized carbons (Fsp3) is 0.133. The van der Waals surface area contributed by atoms with Crippen LogP contribution in [0.25, 0.3) is 0 Å². The van der Waals surface area contributed by atoms with Crippen molar-refractivity contribution in [3.8, 4) is 11.5 Å². The largest absolute Gasteiger partial charge is 0.457 e. The van der Waals surface area contributed by atoms with Crippen molar-refractivity contribution in [1.82, 2.24) is 0 Å². The highest BCUT2D eigenvalue weighted by Gasteiger charge is 2.35. The minimum absolute atomic E-state index is 0.0338. The number of alkyl halides is 4. The second-order valence-electron chi connectivity index (χ2n) is 4.33. The Morgan fingerprint density at radius 2 is 1.82 bits per heavy atom. The van der Waals surface area contributed by atoms with Crippen LogP contribution >= 0.6 is 11.6 Å². The van der Waals surface area contributed by atoms with Crippen LogP contribution in [-0.4, -0.2) is 11.7 Å². The number of nitrogens with zero attached hydrogens (tertiary/aromatic N) is 1. The zero-order chi connectivity index (χ0) is 16.2. The van der Waals surface area contributed by atoms with Gasteiger partial charge in [-0.1, -0.05) is 18.2 Å². The van der Waals surface area contributed by atoms with Crippen LogP contribution in [0.3, 0.4) is 0 Å². The first kappa shape index (κ1) is 16.2. The second kappa shape index (κ2) is 6.70. The smallest absolute Gasteiger partial charge is 0.420 e. The van der Waals surface area contributed by atoms with E-state index in [4.69, 9.17) is 22.1 Å². The first-order valence-electron chi connectivity index (χ1n) is 6.23. The number of halogens is 4. The molecule has 2 aromatic rings. The Morgan fingerprint density at radius 1 is 1.14 bits per heavy atom. The van der Waals surface area contributed by atoms with Gasteiger partial charge in [-0.3, -0.25) is 0 Å². The number of rotatable bonds is 4. The number of hydrogen-bond donors (Lipinski definition) is 1. The van der Waals surface area contributed by atoms with Crippen LogP contribution in [0.4, 0.5) is 18.9 Å². The van der Waals surface area contributed by atoms with E-state index in [-0.39, 0.29) is 23.2 Å². The van der Waals surface area contributed by atoms with Gasteiger partial charge in [-0.25, -0.2) is 4.99 Å². The molecule has 7 heteroatoms. The molecule has 0 aliphatic rings. The van der Waals surface area contributed by atoms with Crippen LogP contribution < -0.4 is 10.5 Å². The van der Waals surface area contributed by atoms with Gasteiger partial charge in [0.25, 0.3) is 0 Å². The molecule has 0 saturated heterocycles. The Bertz CT molecular complexity index is 672. The van der Waals surface area contributed by atoms with Crippen molar-refractivity contribution in [3.63, 3.8) is 0 Å². The molecule has 0 aliphatic carbocycles. The minimum atomic E-state index is -4.58. The molecule has 116 valence electrons. The van der Waals surface area contributed by atoms with E-state index in [1.165, 1.54) is 12.1 Å². The molecule has 2 N–H and O–H groups in total. The van der Waals surface area contributed by atoms with Gasteiger partial charge in [-0.2, -0.15) is 13.2 Å². The lowest BCUT2D eigenvalue weighted by Gasteiger charge is -2.14. The fourth-order valence-corrected chi connectivity index (χ4v) is 1.77. The summed E-state index contributed by atoms with van der Waals surface area (Å²) in [5.74, 6) is -0.0259. The van der Waals surface area contributed by atoms with E-state index in [2.05, 4.69) is 4.99 Å². The summed E-state index contributed by atoms with van der Waals surface area (Å²) in [7, 11) is 0. The SMILES string of the molecule is NC(CCl)=Nc1ccc(Oc2ccccc2)c(C(F)(F)F)c1. The summed E-state index contributed by atoms with van der Waals surface area (Å²) in [6, 6.07) is 11.7. The van der Waals surface area contributed by atoms with E-state index in [1.54, 1.807) is 30.3 Å². The van der Waals surface area contributed by atoms with E-state index >= 15 is 0 Å². The number of nitrogens with two attached hydrogens (primary N) is 1. The number of amidine groups is 1. The van der Waals surface area contributed by atoms with Crippen LogP contribution in [0, 0.1) is 0 Å². The molecule has 0 amide bonds. The van der Waals surface area contributed by atoms with E-state index in [0.717, 1.165) is 6.07 Å². The normalized spacial score (nSPS) is 12.3. The summed E-state index contributed by atoms with van der Waals surface area (Å²) in [5, 5.41) is 0. The second-order valence-corrected chi connectivity index (χ2v) is 4.60. The average Bonchev–Trinajstić information content (AvgIpc) is 2.48. The number of ether oxygens (including phenoxy) is 1. The van der Waals surface area contributed by atoms with E-state index in [9.17, 15) is 13.2 Å². The molecular weight excluding hydrogens is 317 g/mol. The molecule has 3 nitrogen and oxygen atoms in total. The van der Waals surface area contributed by atoms with E-state index in [1.807, 2.05) is 0 Å². The van der Waals surface area contributed by atoms with Gasteiger partial charge in [0.2, 0.25) is 0 Å². The van der Waals surface area contributed by atoms with Gasteiger partial charge in [0, 0.05) is 0 Å². The summed E-state index contributed by atoms with van der Waals surface area (Å²) in [6.07, 6.45) is -4.58. The van der Waals surface area contributed by atoms with Crippen molar-refractivity contribution in [2.75, 3.05) is 5.88 Å². The van der Waals surface area contributed by atoms with Gasteiger partial charge in [0.05, 0.1) is 11.6 Å². The van der Waals surface area contributed by atoms with Gasteiger partial charge < -0.3 is 10.5 Å². The highest BCUT2D eigenvalue weighted by molar-refractivity contribution is 6.28. The van der Waals surface area contributed by atoms with E-state index < -0.39 is 11.7 Å². The van der Waals surface area contributed by atoms with E-state index in [0.29, 0.717) is 5.75 Å². The van der Waals surface area contributed by atoms with Crippen molar-refractivity contribution in [3.05, 3.63) is 54.1 Å². The van der Waals surface area contributed by atoms with Crippen LogP contribution in [0.5, 0.6) is 11.5 Å². The summed E-state index contributed by atoms with van der Waals surface area (Å²) < 4.78 is 44.8. The van der Waals surface area contributed by atoms with Crippen molar-refractivity contribution in [2.24, 2.45) is 10.7 Å². The first-order chi connectivity index (χ1) is 10.4. The molecule has 0 atom stereocenters. The fourth-order valence-electron chi connectivity index (χ4n) is 1.71. The van der Waals surface area contributed by atoms with Gasteiger partial charge >= 0.3 is 6.18 Å².